The number of benzene rings is 1. The number of rotatable bonds is 3. The topological polar surface area (TPSA) is 42.0 Å². The van der Waals surface area contributed by atoms with E-state index in [1.165, 1.54) is 12.1 Å². The molecule has 1 aromatic carbocycles. The molecule has 2 rings (SSSR count). The number of nitrogens with one attached hydrogen (secondary N) is 1. The van der Waals surface area contributed by atoms with E-state index in [0.29, 0.717) is 23.7 Å². The van der Waals surface area contributed by atoms with Crippen molar-refractivity contribution in [1.82, 2.24) is 10.3 Å². The number of halogens is 1. The van der Waals surface area contributed by atoms with Crippen molar-refractivity contribution in [3.63, 3.8) is 0 Å². The number of hydrogen-bond acceptors (Lipinski definition) is 2. The van der Waals surface area contributed by atoms with Crippen molar-refractivity contribution in [3.05, 3.63) is 41.8 Å². The normalized spacial score (nSPS) is 10.9. The Hall–Kier alpha value is -1.97. The van der Waals surface area contributed by atoms with Crippen molar-refractivity contribution in [3.8, 4) is 0 Å². The molecule has 0 atom stereocenters. The monoisotopic (exact) mass is 246 g/mol. The first-order valence-electron chi connectivity index (χ1n) is 5.91. The Bertz CT molecular complexity index is 581. The Morgan fingerprint density at radius 2 is 2.06 bits per heavy atom. The molecule has 2 aromatic rings. The zero-order chi connectivity index (χ0) is 13.1. The molecular weight excluding hydrogens is 231 g/mol. The standard InChI is InChI=1S/C14H15FN2O/c1-9(2)8-16-14(18)12-6-4-10-3-5-11(15)7-13(10)17-12/h3-7,9H,8H2,1-2H3,(H,16,18). The van der Waals surface area contributed by atoms with Gasteiger partial charge in [-0.1, -0.05) is 19.9 Å². The summed E-state index contributed by atoms with van der Waals surface area (Å²) in [6.45, 7) is 4.63. The number of pyridine rings is 1. The van der Waals surface area contributed by atoms with Gasteiger partial charge in [0.05, 0.1) is 5.52 Å². The van der Waals surface area contributed by atoms with Crippen LogP contribution in [0.3, 0.4) is 0 Å². The minimum absolute atomic E-state index is 0.227. The smallest absolute Gasteiger partial charge is 0.269 e. The van der Waals surface area contributed by atoms with Crippen molar-refractivity contribution in [2.75, 3.05) is 6.54 Å². The van der Waals surface area contributed by atoms with E-state index in [0.717, 1.165) is 5.39 Å². The van der Waals surface area contributed by atoms with Crippen molar-refractivity contribution < 1.29 is 9.18 Å². The van der Waals surface area contributed by atoms with E-state index in [2.05, 4.69) is 10.3 Å². The van der Waals surface area contributed by atoms with Crippen molar-refractivity contribution in [1.29, 1.82) is 0 Å². The van der Waals surface area contributed by atoms with Crippen molar-refractivity contribution in [2.24, 2.45) is 5.92 Å². The van der Waals surface area contributed by atoms with Gasteiger partial charge in [0.25, 0.3) is 5.91 Å². The molecule has 4 heteroatoms. The molecule has 0 spiro atoms. The maximum absolute atomic E-state index is 13.1. The SMILES string of the molecule is CC(C)CNC(=O)c1ccc2ccc(F)cc2n1. The molecule has 3 nitrogen and oxygen atoms in total. The summed E-state index contributed by atoms with van der Waals surface area (Å²) in [6.07, 6.45) is 0. The fraction of sp³-hybridized carbons (Fsp3) is 0.286. The summed E-state index contributed by atoms with van der Waals surface area (Å²) in [5.41, 5.74) is 0.806. The van der Waals surface area contributed by atoms with Crippen LogP contribution >= 0.6 is 0 Å². The zero-order valence-electron chi connectivity index (χ0n) is 10.4. The van der Waals surface area contributed by atoms with Gasteiger partial charge in [0.15, 0.2) is 0 Å². The maximum Gasteiger partial charge on any atom is 0.269 e. The van der Waals surface area contributed by atoms with Crippen molar-refractivity contribution in [2.45, 2.75) is 13.8 Å². The van der Waals surface area contributed by atoms with Gasteiger partial charge in [0.1, 0.15) is 11.5 Å². The Kier molecular flexibility index (Phi) is 3.55. The highest BCUT2D eigenvalue weighted by atomic mass is 19.1. The van der Waals surface area contributed by atoms with Crippen molar-refractivity contribution >= 4 is 16.8 Å². The second kappa shape index (κ2) is 5.12. The Labute approximate surface area is 105 Å². The summed E-state index contributed by atoms with van der Waals surface area (Å²) in [6, 6.07) is 7.77. The van der Waals surface area contributed by atoms with Gasteiger partial charge in [0, 0.05) is 18.0 Å². The van der Waals surface area contributed by atoms with Gasteiger partial charge in [-0.05, 0) is 24.1 Å². The molecule has 0 saturated carbocycles. The molecule has 1 heterocycles. The van der Waals surface area contributed by atoms with Gasteiger partial charge in [-0.2, -0.15) is 0 Å². The van der Waals surface area contributed by atoms with Gasteiger partial charge in [-0.3, -0.25) is 4.79 Å². The molecule has 1 amide bonds. The van der Waals surface area contributed by atoms with Crippen LogP contribution in [0.5, 0.6) is 0 Å². The van der Waals surface area contributed by atoms with Gasteiger partial charge in [-0.15, -0.1) is 0 Å². The predicted octanol–water partition coefficient (Wildman–Crippen LogP) is 2.76. The molecule has 94 valence electrons. The third kappa shape index (κ3) is 2.83. The molecule has 1 aromatic heterocycles. The molecular formula is C14H15FN2O. The molecule has 0 aliphatic carbocycles. The Balaban J connectivity index is 2.26. The number of aromatic nitrogens is 1. The number of fused-ring (bicyclic) bond motifs is 1. The Morgan fingerprint density at radius 3 is 2.78 bits per heavy atom. The Morgan fingerprint density at radius 1 is 1.33 bits per heavy atom. The van der Waals surface area contributed by atoms with E-state index in [1.807, 2.05) is 13.8 Å². The third-order valence-electron chi connectivity index (χ3n) is 2.56. The van der Waals surface area contributed by atoms with Crippen LogP contribution in [0.15, 0.2) is 30.3 Å². The molecule has 0 aliphatic heterocycles. The minimum Gasteiger partial charge on any atom is -0.350 e. The second-order valence-electron chi connectivity index (χ2n) is 4.64. The minimum atomic E-state index is -0.352. The molecule has 1 N–H and O–H groups in total. The van der Waals surface area contributed by atoms with E-state index in [9.17, 15) is 9.18 Å². The van der Waals surface area contributed by atoms with Gasteiger partial charge < -0.3 is 5.32 Å². The summed E-state index contributed by atoms with van der Waals surface area (Å²) in [5.74, 6) is -0.198. The summed E-state index contributed by atoms with van der Waals surface area (Å²) in [5, 5.41) is 3.60. The lowest BCUT2D eigenvalue weighted by atomic mass is 10.2. The highest BCUT2D eigenvalue weighted by Crippen LogP contribution is 2.14. The van der Waals surface area contributed by atoms with Crippen LogP contribution in [-0.4, -0.2) is 17.4 Å². The molecule has 0 aliphatic rings. The predicted molar refractivity (Wildman–Crippen MR) is 68.9 cm³/mol. The average molecular weight is 246 g/mol. The van der Waals surface area contributed by atoms with Crippen LogP contribution in [0.2, 0.25) is 0 Å². The van der Waals surface area contributed by atoms with Gasteiger partial charge in [0.2, 0.25) is 0 Å². The fourth-order valence-corrected chi connectivity index (χ4v) is 1.60. The number of carbonyl (C=O) groups excluding carboxylic acids is 1. The van der Waals surface area contributed by atoms with Crippen LogP contribution in [-0.2, 0) is 0 Å². The summed E-state index contributed by atoms with van der Waals surface area (Å²) >= 11 is 0. The van der Waals surface area contributed by atoms with E-state index in [-0.39, 0.29) is 11.7 Å². The fourth-order valence-electron chi connectivity index (χ4n) is 1.60. The highest BCUT2D eigenvalue weighted by molar-refractivity contribution is 5.94. The van der Waals surface area contributed by atoms with Crippen LogP contribution in [0.25, 0.3) is 10.9 Å². The van der Waals surface area contributed by atoms with E-state index >= 15 is 0 Å². The first-order chi connectivity index (χ1) is 8.56. The van der Waals surface area contributed by atoms with E-state index < -0.39 is 0 Å². The summed E-state index contributed by atoms with van der Waals surface area (Å²) < 4.78 is 13.1. The highest BCUT2D eigenvalue weighted by Gasteiger charge is 2.08. The van der Waals surface area contributed by atoms with Crippen LogP contribution in [0.1, 0.15) is 24.3 Å². The maximum atomic E-state index is 13.1. The lowest BCUT2D eigenvalue weighted by molar-refractivity contribution is 0.0944. The second-order valence-corrected chi connectivity index (χ2v) is 4.64. The summed E-state index contributed by atoms with van der Waals surface area (Å²) in [4.78, 5) is 16.0. The number of carbonyl (C=O) groups is 1. The lowest BCUT2D eigenvalue weighted by Gasteiger charge is -2.07. The third-order valence-corrected chi connectivity index (χ3v) is 2.56. The van der Waals surface area contributed by atoms with Gasteiger partial charge >= 0.3 is 0 Å². The first-order valence-corrected chi connectivity index (χ1v) is 5.91. The quantitative estimate of drug-likeness (QED) is 0.904. The molecule has 0 unspecified atom stereocenters. The lowest BCUT2D eigenvalue weighted by Crippen LogP contribution is -2.28. The average Bonchev–Trinajstić information content (AvgIpc) is 2.34. The van der Waals surface area contributed by atoms with Crippen LogP contribution in [0.4, 0.5) is 4.39 Å². The molecule has 0 radical (unpaired) electrons. The molecule has 18 heavy (non-hydrogen) atoms. The van der Waals surface area contributed by atoms with Gasteiger partial charge in [-0.25, -0.2) is 9.37 Å². The van der Waals surface area contributed by atoms with E-state index in [1.54, 1.807) is 18.2 Å². The molecule has 0 bridgehead atoms. The largest absolute Gasteiger partial charge is 0.350 e. The molecule has 0 fully saturated rings. The number of nitrogens with zero attached hydrogens (tertiary/aromatic N) is 1. The van der Waals surface area contributed by atoms with Crippen LogP contribution < -0.4 is 5.32 Å². The first kappa shape index (κ1) is 12.5. The van der Waals surface area contributed by atoms with Crippen LogP contribution in [0, 0.1) is 11.7 Å². The molecule has 0 saturated heterocycles. The number of hydrogen-bond donors (Lipinski definition) is 1. The van der Waals surface area contributed by atoms with E-state index in [4.69, 9.17) is 0 Å². The number of amides is 1. The zero-order valence-corrected chi connectivity index (χ0v) is 10.4. The summed E-state index contributed by atoms with van der Waals surface area (Å²) in [7, 11) is 0.